The van der Waals surface area contributed by atoms with Crippen LogP contribution in [0.1, 0.15) is 26.5 Å². The van der Waals surface area contributed by atoms with Crippen LogP contribution in [0.15, 0.2) is 41.1 Å². The van der Waals surface area contributed by atoms with Gasteiger partial charge in [-0.05, 0) is 42.0 Å². The van der Waals surface area contributed by atoms with Crippen molar-refractivity contribution in [3.63, 3.8) is 0 Å². The first-order valence-electron chi connectivity index (χ1n) is 8.29. The van der Waals surface area contributed by atoms with Crippen molar-refractivity contribution in [3.8, 4) is 0 Å². The molecule has 132 valence electrons. The molecule has 1 aliphatic heterocycles. The predicted octanol–water partition coefficient (Wildman–Crippen LogP) is 3.90. The average molecular weight is 383 g/mol. The molecule has 0 unspecified atom stereocenters. The van der Waals surface area contributed by atoms with Gasteiger partial charge >= 0.3 is 0 Å². The zero-order chi connectivity index (χ0) is 18.1. The van der Waals surface area contributed by atoms with E-state index in [1.165, 1.54) is 28.2 Å². The fraction of sp³-hybridized carbons (Fsp3) is 0.211. The number of carbonyl (C=O) groups excluding carboxylic acids is 2. The maximum Gasteiger partial charge on any atom is 0.267 e. The van der Waals surface area contributed by atoms with Crippen molar-refractivity contribution in [1.82, 2.24) is 4.98 Å². The largest absolute Gasteiger partial charge is 0.311 e. The molecule has 0 atom stereocenters. The lowest BCUT2D eigenvalue weighted by molar-refractivity contribution is -0.117. The van der Waals surface area contributed by atoms with E-state index in [2.05, 4.69) is 28.5 Å². The fourth-order valence-corrected chi connectivity index (χ4v) is 4.33. The Balaban J connectivity index is 1.43. The molecule has 2 amide bonds. The number of rotatable bonds is 4. The Morgan fingerprint density at radius 2 is 2.15 bits per heavy atom. The van der Waals surface area contributed by atoms with Gasteiger partial charge in [0.15, 0.2) is 5.13 Å². The summed E-state index contributed by atoms with van der Waals surface area (Å²) in [6.07, 6.45) is 1.12. The van der Waals surface area contributed by atoms with E-state index in [-0.39, 0.29) is 18.2 Å². The number of benzene rings is 1. The molecule has 0 saturated carbocycles. The molecule has 3 heterocycles. The molecule has 0 spiro atoms. The number of nitrogens with zero attached hydrogens (tertiary/aromatic N) is 2. The van der Waals surface area contributed by atoms with Crippen LogP contribution in [0.25, 0.3) is 0 Å². The minimum atomic E-state index is -0.170. The van der Waals surface area contributed by atoms with E-state index in [4.69, 9.17) is 0 Å². The van der Waals surface area contributed by atoms with Gasteiger partial charge in [-0.1, -0.05) is 18.2 Å². The molecule has 0 aliphatic carbocycles. The minimum Gasteiger partial charge on any atom is -0.311 e. The number of anilines is 2. The second-order valence-corrected chi connectivity index (χ2v) is 7.99. The smallest absolute Gasteiger partial charge is 0.267 e. The van der Waals surface area contributed by atoms with Crippen molar-refractivity contribution >= 4 is 45.3 Å². The number of hydrogen-bond acceptors (Lipinski definition) is 5. The summed E-state index contributed by atoms with van der Waals surface area (Å²) < 4.78 is 0. The third kappa shape index (κ3) is 3.40. The van der Waals surface area contributed by atoms with Crippen molar-refractivity contribution in [2.24, 2.45) is 0 Å². The monoisotopic (exact) mass is 383 g/mol. The molecule has 1 aliphatic rings. The van der Waals surface area contributed by atoms with Gasteiger partial charge in [0.2, 0.25) is 5.91 Å². The van der Waals surface area contributed by atoms with Gasteiger partial charge in [-0.25, -0.2) is 4.98 Å². The number of aryl methyl sites for hydroxylation is 1. The van der Waals surface area contributed by atoms with E-state index >= 15 is 0 Å². The van der Waals surface area contributed by atoms with E-state index in [0.29, 0.717) is 22.2 Å². The quantitative estimate of drug-likeness (QED) is 0.743. The number of amides is 2. The summed E-state index contributed by atoms with van der Waals surface area (Å²) in [5, 5.41) is 6.99. The molecule has 26 heavy (non-hydrogen) atoms. The highest BCUT2D eigenvalue weighted by Crippen LogP contribution is 2.29. The van der Waals surface area contributed by atoms with Gasteiger partial charge < -0.3 is 4.90 Å². The van der Waals surface area contributed by atoms with E-state index in [0.717, 1.165) is 17.7 Å². The number of thiazole rings is 1. The summed E-state index contributed by atoms with van der Waals surface area (Å²) in [6, 6.07) is 9.84. The molecule has 3 aromatic rings. The van der Waals surface area contributed by atoms with Gasteiger partial charge in [0, 0.05) is 17.6 Å². The van der Waals surface area contributed by atoms with Crippen molar-refractivity contribution in [1.29, 1.82) is 0 Å². The summed E-state index contributed by atoms with van der Waals surface area (Å²) >= 11 is 2.72. The van der Waals surface area contributed by atoms with Crippen molar-refractivity contribution in [3.05, 3.63) is 62.8 Å². The van der Waals surface area contributed by atoms with Crippen LogP contribution in [0.5, 0.6) is 0 Å². The number of aromatic nitrogens is 1. The van der Waals surface area contributed by atoms with E-state index in [9.17, 15) is 9.59 Å². The zero-order valence-corrected chi connectivity index (χ0v) is 15.8. The first kappa shape index (κ1) is 16.9. The van der Waals surface area contributed by atoms with Crippen molar-refractivity contribution < 1.29 is 9.59 Å². The van der Waals surface area contributed by atoms with Crippen LogP contribution in [0, 0.1) is 6.92 Å². The summed E-state index contributed by atoms with van der Waals surface area (Å²) in [5.41, 5.74) is 4.06. The maximum atomic E-state index is 12.7. The second kappa shape index (κ2) is 7.01. The van der Waals surface area contributed by atoms with Gasteiger partial charge in [0.05, 0.1) is 17.0 Å². The molecule has 2 aromatic heterocycles. The average Bonchev–Trinajstić information content (AvgIpc) is 3.34. The number of hydrogen-bond donors (Lipinski definition) is 1. The summed E-state index contributed by atoms with van der Waals surface area (Å²) in [4.78, 5) is 31.7. The predicted molar refractivity (Wildman–Crippen MR) is 105 cm³/mol. The first-order valence-corrected chi connectivity index (χ1v) is 10.1. The standard InChI is InChI=1S/C19H17N3O2S2/c1-12-4-5-13-6-7-22(15(13)9-12)17(23)10-14-11-26-19(20-14)21-18(24)16-3-2-8-25-16/h2-5,8-9,11H,6-7,10H2,1H3,(H,20,21,24). The van der Waals surface area contributed by atoms with Crippen LogP contribution < -0.4 is 10.2 Å². The van der Waals surface area contributed by atoms with E-state index in [1.54, 1.807) is 6.07 Å². The number of carbonyl (C=O) groups is 2. The fourth-order valence-electron chi connectivity index (χ4n) is 3.01. The highest BCUT2D eigenvalue weighted by Gasteiger charge is 2.25. The van der Waals surface area contributed by atoms with Crippen molar-refractivity contribution in [2.45, 2.75) is 19.8 Å². The Kier molecular flexibility index (Phi) is 4.57. The first-order chi connectivity index (χ1) is 12.6. The van der Waals surface area contributed by atoms with Crippen LogP contribution in [-0.4, -0.2) is 23.3 Å². The van der Waals surface area contributed by atoms with Crippen LogP contribution in [-0.2, 0) is 17.6 Å². The molecular formula is C19H17N3O2S2. The van der Waals surface area contributed by atoms with E-state index < -0.39 is 0 Å². The van der Waals surface area contributed by atoms with Crippen LogP contribution in [0.2, 0.25) is 0 Å². The normalized spacial score (nSPS) is 12.9. The lowest BCUT2D eigenvalue weighted by atomic mass is 10.1. The Bertz CT molecular complexity index is 963. The Morgan fingerprint density at radius 3 is 2.96 bits per heavy atom. The van der Waals surface area contributed by atoms with Gasteiger partial charge in [-0.2, -0.15) is 0 Å². The highest BCUT2D eigenvalue weighted by molar-refractivity contribution is 7.14. The third-order valence-electron chi connectivity index (χ3n) is 4.29. The lowest BCUT2D eigenvalue weighted by Crippen LogP contribution is -2.30. The Labute approximate surface area is 159 Å². The SMILES string of the molecule is Cc1ccc2c(c1)N(C(=O)Cc1csc(NC(=O)c3cccs3)n1)CC2. The third-order valence-corrected chi connectivity index (χ3v) is 5.96. The van der Waals surface area contributed by atoms with Crippen molar-refractivity contribution in [2.75, 3.05) is 16.8 Å². The molecule has 5 nitrogen and oxygen atoms in total. The molecule has 7 heteroatoms. The molecule has 0 fully saturated rings. The highest BCUT2D eigenvalue weighted by atomic mass is 32.1. The summed E-state index contributed by atoms with van der Waals surface area (Å²) in [5.74, 6) is -0.132. The second-order valence-electron chi connectivity index (χ2n) is 6.18. The molecular weight excluding hydrogens is 366 g/mol. The molecule has 4 rings (SSSR count). The Morgan fingerprint density at radius 1 is 1.27 bits per heavy atom. The number of thiophene rings is 1. The van der Waals surface area contributed by atoms with Gasteiger partial charge in [0.1, 0.15) is 0 Å². The van der Waals surface area contributed by atoms with Gasteiger partial charge in [-0.15, -0.1) is 22.7 Å². The molecule has 1 N–H and O–H groups in total. The zero-order valence-electron chi connectivity index (χ0n) is 14.2. The topological polar surface area (TPSA) is 62.3 Å². The minimum absolute atomic E-state index is 0.0378. The molecule has 0 saturated heterocycles. The number of fused-ring (bicyclic) bond motifs is 1. The molecule has 0 bridgehead atoms. The lowest BCUT2D eigenvalue weighted by Gasteiger charge is -2.17. The summed E-state index contributed by atoms with van der Waals surface area (Å²) in [7, 11) is 0. The van der Waals surface area contributed by atoms with E-state index in [1.807, 2.05) is 28.7 Å². The molecule has 0 radical (unpaired) electrons. The molecule has 1 aromatic carbocycles. The van der Waals surface area contributed by atoms with Gasteiger partial charge in [0.25, 0.3) is 5.91 Å². The van der Waals surface area contributed by atoms with Gasteiger partial charge in [-0.3, -0.25) is 14.9 Å². The Hall–Kier alpha value is -2.51. The summed E-state index contributed by atoms with van der Waals surface area (Å²) in [6.45, 7) is 2.74. The van der Waals surface area contributed by atoms with Crippen LogP contribution >= 0.6 is 22.7 Å². The van der Waals surface area contributed by atoms with Crippen LogP contribution in [0.4, 0.5) is 10.8 Å². The van der Waals surface area contributed by atoms with Crippen LogP contribution in [0.3, 0.4) is 0 Å². The maximum absolute atomic E-state index is 12.7. The number of nitrogens with one attached hydrogen (secondary N) is 1.